The first-order valence-corrected chi connectivity index (χ1v) is 9.65. The maximum absolute atomic E-state index is 13.2. The van der Waals surface area contributed by atoms with Gasteiger partial charge in [0.2, 0.25) is 0 Å². The van der Waals surface area contributed by atoms with Gasteiger partial charge < -0.3 is 0 Å². The number of hydrogen-bond acceptors (Lipinski definition) is 3. The van der Waals surface area contributed by atoms with Crippen molar-refractivity contribution in [2.45, 2.75) is 12.8 Å². The normalized spacial score (nSPS) is 16.4. The molecule has 142 valence electrons. The van der Waals surface area contributed by atoms with E-state index in [2.05, 4.69) is 16.2 Å². The molecule has 2 aromatic carbocycles. The van der Waals surface area contributed by atoms with Gasteiger partial charge in [0.15, 0.2) is 11.4 Å². The molecule has 5 nitrogen and oxygen atoms in total. The topological polar surface area (TPSA) is 67.8 Å². The summed E-state index contributed by atoms with van der Waals surface area (Å²) in [6, 6.07) is 19.4. The highest BCUT2D eigenvalue weighted by atomic mass is 16.1. The number of aromatic nitrogens is 3. The second-order valence-corrected chi connectivity index (χ2v) is 7.32. The molecule has 1 aliphatic carbocycles. The number of nitrogens with one attached hydrogen (secondary N) is 1. The number of rotatable bonds is 3. The first-order valence-electron chi connectivity index (χ1n) is 9.65. The smallest absolute Gasteiger partial charge is 0.281 e. The van der Waals surface area contributed by atoms with Gasteiger partial charge in [-0.05, 0) is 35.6 Å². The Morgan fingerprint density at radius 1 is 0.966 bits per heavy atom. The van der Waals surface area contributed by atoms with Crippen molar-refractivity contribution >= 4 is 22.9 Å². The zero-order valence-electron chi connectivity index (χ0n) is 15.7. The summed E-state index contributed by atoms with van der Waals surface area (Å²) in [7, 11) is 0. The summed E-state index contributed by atoms with van der Waals surface area (Å²) in [4.78, 5) is 30.3. The lowest BCUT2D eigenvalue weighted by atomic mass is 9.82. The molecule has 4 aromatic rings. The summed E-state index contributed by atoms with van der Waals surface area (Å²) in [6.45, 7) is 0. The van der Waals surface area contributed by atoms with Gasteiger partial charge in [0.25, 0.3) is 5.56 Å². The second kappa shape index (κ2) is 7.02. The average Bonchev–Trinajstić information content (AvgIpc) is 3.10. The van der Waals surface area contributed by atoms with Crippen LogP contribution in [0.2, 0.25) is 0 Å². The maximum atomic E-state index is 13.2. The van der Waals surface area contributed by atoms with Gasteiger partial charge in [-0.2, -0.15) is 0 Å². The van der Waals surface area contributed by atoms with Crippen LogP contribution >= 0.6 is 0 Å². The molecule has 1 N–H and O–H groups in total. The monoisotopic (exact) mass is 381 g/mol. The number of carbonyl (C=O) groups excluding carboxylic acids is 1. The Morgan fingerprint density at radius 2 is 1.69 bits per heavy atom. The van der Waals surface area contributed by atoms with Crippen LogP contribution in [0.3, 0.4) is 0 Å². The predicted octanol–water partition coefficient (Wildman–Crippen LogP) is 4.17. The third-order valence-corrected chi connectivity index (χ3v) is 5.41. The van der Waals surface area contributed by atoms with E-state index in [0.717, 1.165) is 16.8 Å². The quantitative estimate of drug-likeness (QED) is 0.579. The van der Waals surface area contributed by atoms with Crippen molar-refractivity contribution in [3.8, 4) is 5.69 Å². The number of benzene rings is 2. The number of ketones is 1. The largest absolute Gasteiger partial charge is 0.294 e. The van der Waals surface area contributed by atoms with Gasteiger partial charge in [0.1, 0.15) is 0 Å². The summed E-state index contributed by atoms with van der Waals surface area (Å²) in [5.74, 6) is 0.0931. The third kappa shape index (κ3) is 3.10. The van der Waals surface area contributed by atoms with Crippen molar-refractivity contribution in [1.82, 2.24) is 14.8 Å². The fraction of sp³-hybridized carbons (Fsp3) is 0.125. The van der Waals surface area contributed by atoms with Crippen LogP contribution in [-0.4, -0.2) is 20.5 Å². The predicted molar refractivity (Wildman–Crippen MR) is 113 cm³/mol. The van der Waals surface area contributed by atoms with Crippen molar-refractivity contribution < 1.29 is 4.79 Å². The van der Waals surface area contributed by atoms with E-state index in [0.29, 0.717) is 29.4 Å². The second-order valence-electron chi connectivity index (χ2n) is 7.32. The molecule has 29 heavy (non-hydrogen) atoms. The molecule has 0 spiro atoms. The Labute approximate surface area is 167 Å². The minimum atomic E-state index is -0.170. The van der Waals surface area contributed by atoms with Gasteiger partial charge in [-0.25, -0.2) is 9.67 Å². The lowest BCUT2D eigenvalue weighted by Gasteiger charge is -2.21. The highest BCUT2D eigenvalue weighted by Crippen LogP contribution is 2.30. The fourth-order valence-electron chi connectivity index (χ4n) is 3.97. The highest BCUT2D eigenvalue weighted by molar-refractivity contribution is 6.02. The number of H-pyrrole nitrogens is 1. The number of hydrogen-bond donors (Lipinski definition) is 1. The highest BCUT2D eigenvalue weighted by Gasteiger charge is 2.28. The molecule has 2 aromatic heterocycles. The number of pyridine rings is 1. The molecule has 0 saturated carbocycles. The Kier molecular flexibility index (Phi) is 4.21. The average molecular weight is 381 g/mol. The lowest BCUT2D eigenvalue weighted by molar-refractivity contribution is 0.0959. The van der Waals surface area contributed by atoms with E-state index < -0.39 is 0 Å². The van der Waals surface area contributed by atoms with E-state index in [-0.39, 0.29) is 17.3 Å². The molecule has 0 amide bonds. The minimum Gasteiger partial charge on any atom is -0.294 e. The number of carbonyl (C=O) groups is 1. The van der Waals surface area contributed by atoms with Crippen LogP contribution < -0.4 is 5.56 Å². The molecule has 2 heterocycles. The van der Waals surface area contributed by atoms with E-state index >= 15 is 0 Å². The van der Waals surface area contributed by atoms with Crippen LogP contribution in [0.4, 0.5) is 0 Å². The number of allylic oxidation sites excluding steroid dienone is 1. The molecule has 0 unspecified atom stereocenters. The van der Waals surface area contributed by atoms with Gasteiger partial charge in [-0.1, -0.05) is 60.7 Å². The summed E-state index contributed by atoms with van der Waals surface area (Å²) >= 11 is 0. The van der Waals surface area contributed by atoms with Gasteiger partial charge >= 0.3 is 0 Å². The number of nitrogens with zero attached hydrogens (tertiary/aromatic N) is 2. The van der Waals surface area contributed by atoms with Gasteiger partial charge in [-0.15, -0.1) is 0 Å². The molecule has 0 bridgehead atoms. The van der Waals surface area contributed by atoms with Crippen LogP contribution in [0.15, 0.2) is 77.7 Å². The van der Waals surface area contributed by atoms with Crippen LogP contribution in [0, 0.1) is 5.92 Å². The Balaban J connectivity index is 1.58. The maximum Gasteiger partial charge on any atom is 0.281 e. The van der Waals surface area contributed by atoms with Crippen LogP contribution in [0.1, 0.15) is 27.9 Å². The van der Waals surface area contributed by atoms with Gasteiger partial charge in [0, 0.05) is 18.2 Å². The van der Waals surface area contributed by atoms with Gasteiger partial charge in [0.05, 0.1) is 11.1 Å². The summed E-state index contributed by atoms with van der Waals surface area (Å²) in [5, 5.41) is 3.59. The van der Waals surface area contributed by atoms with E-state index in [9.17, 15) is 9.59 Å². The molecular formula is C24H19N3O2. The minimum absolute atomic E-state index is 0.0372. The van der Waals surface area contributed by atoms with E-state index in [1.807, 2.05) is 66.7 Å². The van der Waals surface area contributed by atoms with E-state index in [4.69, 9.17) is 0 Å². The number of aromatic amines is 1. The molecule has 0 aliphatic heterocycles. The molecule has 0 saturated heterocycles. The SMILES string of the molecule is O=C1C[C@H](/C=C/c2ccccc2)Cc2c1cnc1[nH]n(-c3ccccc3)c(=O)c21. The van der Waals surface area contributed by atoms with Crippen molar-refractivity contribution in [2.24, 2.45) is 5.92 Å². The standard InChI is InChI=1S/C24H19N3O2/c28-21-14-17(12-11-16-7-3-1-4-8-16)13-19-20(21)15-25-23-22(19)24(29)27(26-23)18-9-5-2-6-10-18/h1-12,15,17H,13-14H2,(H,25,26)/b12-11+/t17-/m1/s1. The van der Waals surface area contributed by atoms with Crippen molar-refractivity contribution in [3.63, 3.8) is 0 Å². The first kappa shape index (κ1) is 17.4. The van der Waals surface area contributed by atoms with Crippen molar-refractivity contribution in [2.75, 3.05) is 0 Å². The summed E-state index contributed by atoms with van der Waals surface area (Å²) in [5.41, 5.74) is 3.54. The molecule has 5 heteroatoms. The van der Waals surface area contributed by atoms with Crippen LogP contribution in [0.25, 0.3) is 22.8 Å². The zero-order chi connectivity index (χ0) is 19.8. The number of fused-ring (bicyclic) bond motifs is 3. The van der Waals surface area contributed by atoms with E-state index in [1.165, 1.54) is 4.68 Å². The lowest BCUT2D eigenvalue weighted by Crippen LogP contribution is -2.22. The first-order chi connectivity index (χ1) is 14.2. The van der Waals surface area contributed by atoms with Crippen LogP contribution in [-0.2, 0) is 6.42 Å². The summed E-state index contributed by atoms with van der Waals surface area (Å²) < 4.78 is 1.49. The molecule has 1 aliphatic rings. The molecule has 0 fully saturated rings. The van der Waals surface area contributed by atoms with Gasteiger partial charge in [-0.3, -0.25) is 14.7 Å². The number of para-hydroxylation sites is 1. The number of Topliss-reactive ketones (excluding diaryl/α,β-unsaturated/α-hetero) is 1. The summed E-state index contributed by atoms with van der Waals surface area (Å²) in [6.07, 6.45) is 6.79. The zero-order valence-corrected chi connectivity index (χ0v) is 15.7. The third-order valence-electron chi connectivity index (χ3n) is 5.41. The van der Waals surface area contributed by atoms with E-state index in [1.54, 1.807) is 6.20 Å². The fourth-order valence-corrected chi connectivity index (χ4v) is 3.97. The molecular weight excluding hydrogens is 362 g/mol. The van der Waals surface area contributed by atoms with Crippen LogP contribution in [0.5, 0.6) is 0 Å². The molecule has 1 atom stereocenters. The molecule has 5 rings (SSSR count). The molecule has 0 radical (unpaired) electrons. The van der Waals surface area contributed by atoms with Crippen molar-refractivity contribution in [3.05, 3.63) is 100.0 Å². The Bertz CT molecular complexity index is 1280. The Hall–Kier alpha value is -3.73. The van der Waals surface area contributed by atoms with Crippen molar-refractivity contribution in [1.29, 1.82) is 0 Å². The Morgan fingerprint density at radius 3 is 2.45 bits per heavy atom.